The van der Waals surface area contributed by atoms with Crippen LogP contribution in [-0.4, -0.2) is 17.7 Å². The third kappa shape index (κ3) is 5.28. The molecule has 0 fully saturated rings. The fourth-order valence-electron chi connectivity index (χ4n) is 1.97. The zero-order valence-electron chi connectivity index (χ0n) is 12.4. The summed E-state index contributed by atoms with van der Waals surface area (Å²) >= 11 is 7.46. The molecule has 116 valence electrons. The van der Waals surface area contributed by atoms with Gasteiger partial charge in [-0.25, -0.2) is 0 Å². The molecule has 0 aliphatic heterocycles. The minimum Gasteiger partial charge on any atom is -0.399 e. The number of carbonyl (C=O) groups excluding carboxylic acids is 1. The third-order valence-corrected chi connectivity index (χ3v) is 4.51. The average molecular weight is 335 g/mol. The minimum atomic E-state index is -0.150. The summed E-state index contributed by atoms with van der Waals surface area (Å²) in [5, 5.41) is 3.52. The van der Waals surface area contributed by atoms with E-state index in [0.29, 0.717) is 6.54 Å². The van der Waals surface area contributed by atoms with Crippen molar-refractivity contribution in [2.75, 3.05) is 12.3 Å². The number of anilines is 1. The largest absolute Gasteiger partial charge is 0.399 e. The van der Waals surface area contributed by atoms with Gasteiger partial charge in [-0.3, -0.25) is 4.79 Å². The highest BCUT2D eigenvalue weighted by molar-refractivity contribution is 8.00. The molecule has 0 spiro atoms. The van der Waals surface area contributed by atoms with Gasteiger partial charge in [0.2, 0.25) is 5.91 Å². The Balaban J connectivity index is 1.77. The predicted octanol–water partition coefficient (Wildman–Crippen LogP) is 3.76. The molecule has 0 saturated carbocycles. The van der Waals surface area contributed by atoms with Gasteiger partial charge < -0.3 is 11.1 Å². The number of benzene rings is 2. The molecule has 0 saturated heterocycles. The van der Waals surface area contributed by atoms with Gasteiger partial charge in [-0.15, -0.1) is 11.8 Å². The second-order valence-electron chi connectivity index (χ2n) is 5.00. The summed E-state index contributed by atoms with van der Waals surface area (Å²) in [7, 11) is 0. The van der Waals surface area contributed by atoms with E-state index in [2.05, 4.69) is 5.32 Å². The molecule has 3 N–H and O–H groups in total. The van der Waals surface area contributed by atoms with Crippen LogP contribution < -0.4 is 11.1 Å². The first-order chi connectivity index (χ1) is 10.5. The van der Waals surface area contributed by atoms with Crippen LogP contribution in [0.3, 0.4) is 0 Å². The van der Waals surface area contributed by atoms with Crippen LogP contribution in [0.5, 0.6) is 0 Å². The number of nitrogen functional groups attached to an aromatic ring is 1. The first-order valence-corrected chi connectivity index (χ1v) is 8.35. The molecule has 0 heterocycles. The third-order valence-electron chi connectivity index (χ3n) is 3.16. The Labute approximate surface area is 140 Å². The van der Waals surface area contributed by atoms with E-state index in [1.54, 1.807) is 0 Å². The Morgan fingerprint density at radius 1 is 1.27 bits per heavy atom. The van der Waals surface area contributed by atoms with Crippen LogP contribution in [0.25, 0.3) is 0 Å². The van der Waals surface area contributed by atoms with Crippen molar-refractivity contribution in [2.45, 2.75) is 23.5 Å². The second kappa shape index (κ2) is 8.11. The van der Waals surface area contributed by atoms with E-state index in [4.69, 9.17) is 17.3 Å². The summed E-state index contributed by atoms with van der Waals surface area (Å²) in [5.41, 5.74) is 7.49. The molecule has 0 aliphatic carbocycles. The Morgan fingerprint density at radius 2 is 2.00 bits per heavy atom. The monoisotopic (exact) mass is 334 g/mol. The van der Waals surface area contributed by atoms with Gasteiger partial charge in [-0.2, -0.15) is 0 Å². The van der Waals surface area contributed by atoms with E-state index >= 15 is 0 Å². The second-order valence-corrected chi connectivity index (χ2v) is 6.85. The Bertz CT molecular complexity index is 631. The maximum absolute atomic E-state index is 12.1. The van der Waals surface area contributed by atoms with Crippen molar-refractivity contribution < 1.29 is 4.79 Å². The van der Waals surface area contributed by atoms with Crippen molar-refractivity contribution in [3.63, 3.8) is 0 Å². The number of amides is 1. The van der Waals surface area contributed by atoms with E-state index in [0.717, 1.165) is 27.6 Å². The summed E-state index contributed by atoms with van der Waals surface area (Å²) in [6.07, 6.45) is 0.769. The van der Waals surface area contributed by atoms with Crippen molar-refractivity contribution in [3.05, 3.63) is 59.1 Å². The number of nitrogens with two attached hydrogens (primary N) is 1. The minimum absolute atomic E-state index is 0.0313. The van der Waals surface area contributed by atoms with Gasteiger partial charge in [0.15, 0.2) is 0 Å². The molecule has 3 nitrogen and oxygen atoms in total. The zero-order chi connectivity index (χ0) is 15.9. The van der Waals surface area contributed by atoms with Gasteiger partial charge >= 0.3 is 0 Å². The first-order valence-electron chi connectivity index (χ1n) is 7.09. The average Bonchev–Trinajstić information content (AvgIpc) is 2.49. The molecule has 0 radical (unpaired) electrons. The van der Waals surface area contributed by atoms with Crippen molar-refractivity contribution in [1.82, 2.24) is 5.32 Å². The van der Waals surface area contributed by atoms with Gasteiger partial charge in [0.25, 0.3) is 0 Å². The van der Waals surface area contributed by atoms with Crippen LogP contribution in [0.4, 0.5) is 5.69 Å². The number of halogens is 1. The molecule has 2 aromatic rings. The highest BCUT2D eigenvalue weighted by Gasteiger charge is 2.13. The Hall–Kier alpha value is -1.65. The maximum Gasteiger partial charge on any atom is 0.233 e. The smallest absolute Gasteiger partial charge is 0.233 e. The highest BCUT2D eigenvalue weighted by atomic mass is 35.5. The van der Waals surface area contributed by atoms with Crippen LogP contribution in [0, 0.1) is 0 Å². The van der Waals surface area contributed by atoms with Gasteiger partial charge in [-0.05, 0) is 55.3 Å². The molecule has 1 amide bonds. The molecule has 0 bridgehead atoms. The number of hydrogen-bond acceptors (Lipinski definition) is 3. The van der Waals surface area contributed by atoms with Crippen LogP contribution in [0.1, 0.15) is 12.5 Å². The molecule has 22 heavy (non-hydrogen) atoms. The number of carbonyl (C=O) groups is 1. The normalized spacial score (nSPS) is 11.9. The highest BCUT2D eigenvalue weighted by Crippen LogP contribution is 2.24. The lowest BCUT2D eigenvalue weighted by Gasteiger charge is -2.12. The van der Waals surface area contributed by atoms with Crippen LogP contribution >= 0.6 is 23.4 Å². The summed E-state index contributed by atoms with van der Waals surface area (Å²) in [6, 6.07) is 15.2. The molecule has 1 atom stereocenters. The van der Waals surface area contributed by atoms with E-state index < -0.39 is 0 Å². The summed E-state index contributed by atoms with van der Waals surface area (Å²) in [6.45, 7) is 2.50. The van der Waals surface area contributed by atoms with Crippen LogP contribution in [0.15, 0.2) is 53.4 Å². The van der Waals surface area contributed by atoms with E-state index in [1.807, 2.05) is 55.5 Å². The SMILES string of the molecule is CC(Sc1ccc(N)cc1)C(=O)NCCc1cccc(Cl)c1. The fourth-order valence-corrected chi connectivity index (χ4v) is 3.07. The summed E-state index contributed by atoms with van der Waals surface area (Å²) in [5.74, 6) is 0.0313. The molecule has 5 heteroatoms. The quantitative estimate of drug-likeness (QED) is 0.624. The number of hydrogen-bond donors (Lipinski definition) is 2. The Kier molecular flexibility index (Phi) is 6.16. The topological polar surface area (TPSA) is 55.1 Å². The molecule has 0 aliphatic rings. The number of rotatable bonds is 6. The molecular weight excluding hydrogens is 316 g/mol. The molecular formula is C17H19ClN2OS. The molecule has 0 aromatic heterocycles. The van der Waals surface area contributed by atoms with Gasteiger partial charge in [0.05, 0.1) is 5.25 Å². The standard InChI is InChI=1S/C17H19ClN2OS/c1-12(22-16-7-5-15(19)6-8-16)17(21)20-10-9-13-3-2-4-14(18)11-13/h2-8,11-12H,9-10,19H2,1H3,(H,20,21). The van der Waals surface area contributed by atoms with Gasteiger partial charge in [-0.1, -0.05) is 23.7 Å². The van der Waals surface area contributed by atoms with E-state index in [-0.39, 0.29) is 11.2 Å². The van der Waals surface area contributed by atoms with Crippen molar-refractivity contribution in [2.24, 2.45) is 0 Å². The van der Waals surface area contributed by atoms with Crippen LogP contribution in [-0.2, 0) is 11.2 Å². The summed E-state index contributed by atoms with van der Waals surface area (Å²) < 4.78 is 0. The lowest BCUT2D eigenvalue weighted by atomic mass is 10.1. The van der Waals surface area contributed by atoms with Crippen molar-refractivity contribution in [1.29, 1.82) is 0 Å². The van der Waals surface area contributed by atoms with Crippen molar-refractivity contribution in [3.8, 4) is 0 Å². The van der Waals surface area contributed by atoms with Gasteiger partial charge in [0.1, 0.15) is 0 Å². The molecule has 2 rings (SSSR count). The Morgan fingerprint density at radius 3 is 2.68 bits per heavy atom. The summed E-state index contributed by atoms with van der Waals surface area (Å²) in [4.78, 5) is 13.1. The van der Waals surface area contributed by atoms with Crippen LogP contribution in [0.2, 0.25) is 5.02 Å². The number of thioether (sulfide) groups is 1. The maximum atomic E-state index is 12.1. The zero-order valence-corrected chi connectivity index (χ0v) is 14.0. The first kappa shape index (κ1) is 16.7. The molecule has 1 unspecified atom stereocenters. The van der Waals surface area contributed by atoms with E-state index in [9.17, 15) is 4.79 Å². The fraction of sp³-hybridized carbons (Fsp3) is 0.235. The predicted molar refractivity (Wildman–Crippen MR) is 94.3 cm³/mol. The van der Waals surface area contributed by atoms with E-state index in [1.165, 1.54) is 11.8 Å². The lowest BCUT2D eigenvalue weighted by molar-refractivity contribution is -0.120. The lowest BCUT2D eigenvalue weighted by Crippen LogP contribution is -2.32. The van der Waals surface area contributed by atoms with Crippen molar-refractivity contribution >= 4 is 35.0 Å². The molecule has 2 aromatic carbocycles. The number of nitrogens with one attached hydrogen (secondary N) is 1. The van der Waals surface area contributed by atoms with Gasteiger partial charge in [0, 0.05) is 22.2 Å².